The summed E-state index contributed by atoms with van der Waals surface area (Å²) in [7, 11) is 0. The van der Waals surface area contributed by atoms with Crippen molar-refractivity contribution in [2.45, 2.75) is 0 Å². The fourth-order valence-corrected chi connectivity index (χ4v) is 2.50. The molecule has 0 spiro atoms. The van der Waals surface area contributed by atoms with Gasteiger partial charge in [0, 0.05) is 36.4 Å². The molecule has 0 aliphatic carbocycles. The van der Waals surface area contributed by atoms with Crippen molar-refractivity contribution < 1.29 is 0 Å². The van der Waals surface area contributed by atoms with E-state index < -0.39 is 0 Å². The van der Waals surface area contributed by atoms with Gasteiger partial charge in [-0.05, 0) is 17.2 Å². The van der Waals surface area contributed by atoms with Gasteiger partial charge in [-0.15, -0.1) is 0 Å². The average molecular weight is 379 g/mol. The average Bonchev–Trinajstić information content (AvgIpc) is 2.82. The Labute approximate surface area is 170 Å². The number of hydrogen-bond donors (Lipinski definition) is 1. The number of nitrogens with zero attached hydrogens (tertiary/aromatic N) is 4. The third-order valence-corrected chi connectivity index (χ3v) is 3.87. The highest BCUT2D eigenvalue weighted by Crippen LogP contribution is 2.17. The van der Waals surface area contributed by atoms with Gasteiger partial charge in [-0.1, -0.05) is 78.9 Å². The molecule has 0 fully saturated rings. The Balaban J connectivity index is 0.000000131. The number of nitrogens with two attached hydrogens (primary N) is 1. The first-order chi connectivity index (χ1) is 14.3. The van der Waals surface area contributed by atoms with Gasteiger partial charge in [0.2, 0.25) is 5.95 Å². The second-order valence-electron chi connectivity index (χ2n) is 5.91. The zero-order valence-electron chi connectivity index (χ0n) is 15.8. The van der Waals surface area contributed by atoms with Crippen molar-refractivity contribution in [3.8, 4) is 11.1 Å². The summed E-state index contributed by atoms with van der Waals surface area (Å²) in [6, 6.07) is 28.5. The number of hydrogen-bond acceptors (Lipinski definition) is 5. The number of fused-ring (bicyclic) bond motifs is 1. The van der Waals surface area contributed by atoms with Crippen LogP contribution in [0.4, 0.5) is 5.95 Å². The Bertz CT molecular complexity index is 1040. The van der Waals surface area contributed by atoms with Crippen molar-refractivity contribution in [3.05, 3.63) is 116 Å². The van der Waals surface area contributed by atoms with Gasteiger partial charge in [0.25, 0.3) is 0 Å². The van der Waals surface area contributed by atoms with Crippen molar-refractivity contribution >= 4 is 16.9 Å². The monoisotopic (exact) mass is 379 g/mol. The second-order valence-corrected chi connectivity index (χ2v) is 5.91. The molecule has 3 aromatic carbocycles. The summed E-state index contributed by atoms with van der Waals surface area (Å²) < 4.78 is 0. The van der Waals surface area contributed by atoms with Crippen molar-refractivity contribution in [3.63, 3.8) is 0 Å². The van der Waals surface area contributed by atoms with Crippen molar-refractivity contribution in [1.82, 2.24) is 19.9 Å². The van der Waals surface area contributed by atoms with Crippen LogP contribution in [0.25, 0.3) is 22.0 Å². The summed E-state index contributed by atoms with van der Waals surface area (Å²) in [5.41, 5.74) is 8.84. The van der Waals surface area contributed by atoms with Crippen molar-refractivity contribution in [2.75, 3.05) is 5.73 Å². The van der Waals surface area contributed by atoms with Gasteiger partial charge >= 0.3 is 0 Å². The molecule has 5 nitrogen and oxygen atoms in total. The first-order valence-corrected chi connectivity index (χ1v) is 9.10. The van der Waals surface area contributed by atoms with Crippen LogP contribution in [0.5, 0.6) is 0 Å². The Morgan fingerprint density at radius 3 is 1.55 bits per heavy atom. The molecule has 0 unspecified atom stereocenters. The first-order valence-electron chi connectivity index (χ1n) is 9.10. The van der Waals surface area contributed by atoms with E-state index in [9.17, 15) is 0 Å². The van der Waals surface area contributed by atoms with Crippen LogP contribution in [-0.4, -0.2) is 19.9 Å². The molecule has 5 rings (SSSR count). The first kappa shape index (κ1) is 19.6. The highest BCUT2D eigenvalue weighted by Gasteiger charge is 1.93. The number of rotatable bonds is 1. The lowest BCUT2D eigenvalue weighted by atomic mass is 10.1. The topological polar surface area (TPSA) is 77.6 Å². The minimum absolute atomic E-state index is 0.323. The summed E-state index contributed by atoms with van der Waals surface area (Å²) in [5, 5.41) is 1.02. The Morgan fingerprint density at radius 1 is 0.552 bits per heavy atom. The van der Waals surface area contributed by atoms with Crippen LogP contribution in [0.3, 0.4) is 0 Å². The third kappa shape index (κ3) is 6.52. The van der Waals surface area contributed by atoms with E-state index >= 15 is 0 Å². The SMILES string of the molecule is Nc1ncc2ccccc2n1.c1ccc(-c2ccccc2)cc1.c1cnccn1. The highest BCUT2D eigenvalue weighted by molar-refractivity contribution is 5.78. The van der Waals surface area contributed by atoms with Crippen LogP contribution in [0.15, 0.2) is 116 Å². The number of benzene rings is 3. The highest BCUT2D eigenvalue weighted by atomic mass is 15.0. The number of aromatic nitrogens is 4. The Morgan fingerprint density at radius 2 is 1.03 bits per heavy atom. The maximum absolute atomic E-state index is 5.40. The van der Waals surface area contributed by atoms with Gasteiger partial charge in [0.15, 0.2) is 0 Å². The fourth-order valence-electron chi connectivity index (χ4n) is 2.50. The molecule has 0 saturated carbocycles. The van der Waals surface area contributed by atoms with Gasteiger partial charge in [-0.3, -0.25) is 9.97 Å². The van der Waals surface area contributed by atoms with Crippen LogP contribution >= 0.6 is 0 Å². The fraction of sp³-hybridized carbons (Fsp3) is 0. The molecule has 5 heteroatoms. The molecule has 0 bridgehead atoms. The lowest BCUT2D eigenvalue weighted by Crippen LogP contribution is -1.93. The van der Waals surface area contributed by atoms with E-state index in [0.29, 0.717) is 5.95 Å². The summed E-state index contributed by atoms with van der Waals surface area (Å²) in [4.78, 5) is 15.4. The molecule has 0 radical (unpaired) electrons. The minimum Gasteiger partial charge on any atom is -0.368 e. The van der Waals surface area contributed by atoms with Crippen molar-refractivity contribution in [1.29, 1.82) is 0 Å². The molecule has 0 amide bonds. The molecule has 0 aliphatic rings. The van der Waals surface area contributed by atoms with E-state index in [1.54, 1.807) is 31.0 Å². The molecule has 0 saturated heterocycles. The summed E-state index contributed by atoms with van der Waals surface area (Å²) in [6.07, 6.45) is 8.28. The van der Waals surface area contributed by atoms with E-state index in [0.717, 1.165) is 10.9 Å². The lowest BCUT2D eigenvalue weighted by Gasteiger charge is -1.98. The van der Waals surface area contributed by atoms with Gasteiger partial charge in [0.1, 0.15) is 0 Å². The van der Waals surface area contributed by atoms with Gasteiger partial charge in [0.05, 0.1) is 5.52 Å². The molecule has 0 aliphatic heterocycles. The molecular formula is C24H21N5. The lowest BCUT2D eigenvalue weighted by molar-refractivity contribution is 1.20. The summed E-state index contributed by atoms with van der Waals surface area (Å²) in [6.45, 7) is 0. The van der Waals surface area contributed by atoms with Crippen LogP contribution in [0, 0.1) is 0 Å². The second kappa shape index (κ2) is 10.9. The smallest absolute Gasteiger partial charge is 0.220 e. The molecule has 2 N–H and O–H groups in total. The molecule has 2 aromatic heterocycles. The predicted molar refractivity (Wildman–Crippen MR) is 118 cm³/mol. The van der Waals surface area contributed by atoms with Crippen LogP contribution in [0.1, 0.15) is 0 Å². The Hall–Kier alpha value is -4.12. The zero-order valence-corrected chi connectivity index (χ0v) is 15.8. The molecule has 2 heterocycles. The quantitative estimate of drug-likeness (QED) is 0.441. The molecule has 29 heavy (non-hydrogen) atoms. The molecular weight excluding hydrogens is 358 g/mol. The molecule has 0 atom stereocenters. The van der Waals surface area contributed by atoms with Crippen LogP contribution < -0.4 is 5.73 Å². The minimum atomic E-state index is 0.323. The maximum atomic E-state index is 5.40. The van der Waals surface area contributed by atoms with Crippen LogP contribution in [-0.2, 0) is 0 Å². The van der Waals surface area contributed by atoms with E-state index in [2.05, 4.69) is 68.5 Å². The summed E-state index contributed by atoms with van der Waals surface area (Å²) in [5.74, 6) is 0.323. The van der Waals surface area contributed by atoms with E-state index in [1.165, 1.54) is 11.1 Å². The zero-order chi connectivity index (χ0) is 20.2. The largest absolute Gasteiger partial charge is 0.368 e. The maximum Gasteiger partial charge on any atom is 0.220 e. The number of anilines is 1. The summed E-state index contributed by atoms with van der Waals surface area (Å²) >= 11 is 0. The third-order valence-electron chi connectivity index (χ3n) is 3.87. The van der Waals surface area contributed by atoms with Crippen molar-refractivity contribution in [2.24, 2.45) is 0 Å². The molecule has 5 aromatic rings. The van der Waals surface area contributed by atoms with Gasteiger partial charge in [-0.2, -0.15) is 0 Å². The van der Waals surface area contributed by atoms with Gasteiger partial charge in [-0.25, -0.2) is 9.97 Å². The normalized spacial score (nSPS) is 9.52. The van der Waals surface area contributed by atoms with E-state index in [4.69, 9.17) is 5.73 Å². The van der Waals surface area contributed by atoms with E-state index in [1.807, 2.05) is 36.4 Å². The van der Waals surface area contributed by atoms with Crippen LogP contribution in [0.2, 0.25) is 0 Å². The number of para-hydroxylation sites is 1. The molecule has 142 valence electrons. The Kier molecular flexibility index (Phi) is 7.37. The predicted octanol–water partition coefficient (Wildman–Crippen LogP) is 5.04. The van der Waals surface area contributed by atoms with E-state index in [-0.39, 0.29) is 0 Å². The van der Waals surface area contributed by atoms with Gasteiger partial charge < -0.3 is 5.73 Å². The standard InChI is InChI=1S/C12H10.C8H7N3.C4H4N2/c1-3-7-11(8-4-1)12-9-5-2-6-10-12;9-8-10-5-6-3-1-2-4-7(6)11-8;1-2-6-4-3-5-1/h1-10H;1-5H,(H2,9,10,11);1-4H. The number of nitrogen functional groups attached to an aromatic ring is 1.